The van der Waals surface area contributed by atoms with Crippen molar-refractivity contribution in [2.75, 3.05) is 0 Å². The summed E-state index contributed by atoms with van der Waals surface area (Å²) in [5.41, 5.74) is 2.39. The predicted molar refractivity (Wildman–Crippen MR) is 133 cm³/mol. The van der Waals surface area contributed by atoms with Gasteiger partial charge in [-0.25, -0.2) is 0 Å². The molecule has 1 fully saturated rings. The zero-order valence-corrected chi connectivity index (χ0v) is 20.8. The van der Waals surface area contributed by atoms with Gasteiger partial charge in [-0.2, -0.15) is 0 Å². The number of pyridine rings is 1. The highest BCUT2D eigenvalue weighted by Gasteiger charge is 2.37. The molecule has 0 unspecified atom stereocenters. The van der Waals surface area contributed by atoms with Crippen molar-refractivity contribution in [1.29, 1.82) is 0 Å². The number of carbonyl (C=O) groups is 3. The number of carboxylic acid groups (broad SMARTS) is 1. The van der Waals surface area contributed by atoms with E-state index in [9.17, 15) is 19.5 Å². The van der Waals surface area contributed by atoms with Gasteiger partial charge in [0.15, 0.2) is 5.78 Å². The third kappa shape index (κ3) is 4.29. The third-order valence-electron chi connectivity index (χ3n) is 6.97. The highest BCUT2D eigenvalue weighted by Crippen LogP contribution is 2.38. The van der Waals surface area contributed by atoms with Gasteiger partial charge in [-0.1, -0.05) is 31.9 Å². The Morgan fingerprint density at radius 1 is 1.12 bits per heavy atom. The Morgan fingerprint density at radius 3 is 2.29 bits per heavy atom. The smallest absolute Gasteiger partial charge is 0.309 e. The SMILES string of the molecule is CC(C)c1ccn2c(C(=O)c3ccc(Cl)cc3)c(CC(C)(C)C(=O)O)c(C(=O)C3CCC3)c2c1. The zero-order valence-electron chi connectivity index (χ0n) is 20.0. The predicted octanol–water partition coefficient (Wildman–Crippen LogP) is 6.58. The molecule has 0 spiro atoms. The molecule has 5 nitrogen and oxygen atoms in total. The number of hydrogen-bond donors (Lipinski definition) is 1. The number of aromatic nitrogens is 1. The maximum atomic E-state index is 13.8. The second-order valence-corrected chi connectivity index (χ2v) is 10.7. The van der Waals surface area contributed by atoms with Gasteiger partial charge in [0.05, 0.1) is 16.6 Å². The number of nitrogens with zero attached hydrogens (tertiary/aromatic N) is 1. The molecule has 0 amide bonds. The van der Waals surface area contributed by atoms with Gasteiger partial charge in [0, 0.05) is 28.3 Å². The van der Waals surface area contributed by atoms with Gasteiger partial charge >= 0.3 is 5.97 Å². The van der Waals surface area contributed by atoms with Crippen LogP contribution in [-0.4, -0.2) is 27.0 Å². The van der Waals surface area contributed by atoms with Gasteiger partial charge in [-0.15, -0.1) is 0 Å². The van der Waals surface area contributed by atoms with Crippen molar-refractivity contribution in [3.05, 3.63) is 75.6 Å². The fourth-order valence-corrected chi connectivity index (χ4v) is 4.63. The molecule has 2 heterocycles. The Labute approximate surface area is 204 Å². The Kier molecular flexibility index (Phi) is 6.43. The van der Waals surface area contributed by atoms with Gasteiger partial charge in [-0.3, -0.25) is 14.4 Å². The third-order valence-corrected chi connectivity index (χ3v) is 7.22. The first-order chi connectivity index (χ1) is 16.0. The number of ketones is 2. The molecule has 0 radical (unpaired) electrons. The first-order valence-electron chi connectivity index (χ1n) is 11.8. The van der Waals surface area contributed by atoms with Crippen LogP contribution in [0.1, 0.15) is 90.4 Å². The van der Waals surface area contributed by atoms with Crippen LogP contribution in [0.5, 0.6) is 0 Å². The van der Waals surface area contributed by atoms with Crippen molar-refractivity contribution in [3.63, 3.8) is 0 Å². The molecule has 1 saturated carbocycles. The molecule has 3 aromatic rings. The first kappa shape index (κ1) is 24.2. The summed E-state index contributed by atoms with van der Waals surface area (Å²) in [6, 6.07) is 10.6. The van der Waals surface area contributed by atoms with E-state index in [4.69, 9.17) is 11.6 Å². The van der Waals surface area contributed by atoms with Gasteiger partial charge in [0.1, 0.15) is 0 Å². The summed E-state index contributed by atoms with van der Waals surface area (Å²) < 4.78 is 1.78. The summed E-state index contributed by atoms with van der Waals surface area (Å²) in [5, 5.41) is 10.4. The minimum atomic E-state index is -1.16. The van der Waals surface area contributed by atoms with E-state index in [1.54, 1.807) is 42.5 Å². The molecular formula is C28H30ClNO4. The second-order valence-electron chi connectivity index (χ2n) is 10.3. The van der Waals surface area contributed by atoms with Crippen LogP contribution in [0.25, 0.3) is 5.52 Å². The Hall–Kier alpha value is -2.92. The van der Waals surface area contributed by atoms with E-state index in [1.807, 2.05) is 18.3 Å². The number of carbonyl (C=O) groups excluding carboxylic acids is 2. The summed E-state index contributed by atoms with van der Waals surface area (Å²) in [5.74, 6) is -1.07. The number of Topliss-reactive ketones (excluding diaryl/α,β-unsaturated/α-hetero) is 1. The summed E-state index contributed by atoms with van der Waals surface area (Å²) in [4.78, 5) is 39.6. The van der Waals surface area contributed by atoms with Crippen LogP contribution in [-0.2, 0) is 11.2 Å². The number of benzene rings is 1. The molecule has 1 aliphatic rings. The summed E-state index contributed by atoms with van der Waals surface area (Å²) >= 11 is 6.03. The highest BCUT2D eigenvalue weighted by atomic mass is 35.5. The Balaban J connectivity index is 2.03. The molecule has 0 bridgehead atoms. The average Bonchev–Trinajstić information content (AvgIpc) is 3.04. The molecule has 4 rings (SSSR count). The van der Waals surface area contributed by atoms with Crippen molar-refractivity contribution in [3.8, 4) is 0 Å². The number of aliphatic carboxylic acids is 1. The van der Waals surface area contributed by atoms with E-state index in [0.717, 1.165) is 24.8 Å². The van der Waals surface area contributed by atoms with Crippen LogP contribution >= 0.6 is 11.6 Å². The van der Waals surface area contributed by atoms with Gasteiger partial charge < -0.3 is 9.51 Å². The molecule has 0 atom stereocenters. The van der Waals surface area contributed by atoms with E-state index in [1.165, 1.54) is 0 Å². The van der Waals surface area contributed by atoms with E-state index in [2.05, 4.69) is 13.8 Å². The molecule has 1 aliphatic carbocycles. The Bertz CT molecular complexity index is 1280. The van der Waals surface area contributed by atoms with Crippen molar-refractivity contribution >= 4 is 34.7 Å². The second kappa shape index (κ2) is 9.03. The van der Waals surface area contributed by atoms with E-state index < -0.39 is 11.4 Å². The molecule has 0 saturated heterocycles. The van der Waals surface area contributed by atoms with Crippen LogP contribution in [0.15, 0.2) is 42.6 Å². The van der Waals surface area contributed by atoms with Gasteiger partial charge in [-0.05, 0) is 86.6 Å². The minimum Gasteiger partial charge on any atom is -0.481 e. The van der Waals surface area contributed by atoms with Crippen LogP contribution in [0, 0.1) is 11.3 Å². The summed E-state index contributed by atoms with van der Waals surface area (Å²) in [6.45, 7) is 7.42. The van der Waals surface area contributed by atoms with Crippen LogP contribution in [0.2, 0.25) is 5.02 Å². The lowest BCUT2D eigenvalue weighted by Crippen LogP contribution is -2.29. The van der Waals surface area contributed by atoms with E-state index in [0.29, 0.717) is 32.9 Å². The largest absolute Gasteiger partial charge is 0.481 e. The van der Waals surface area contributed by atoms with E-state index >= 15 is 0 Å². The van der Waals surface area contributed by atoms with Crippen LogP contribution < -0.4 is 0 Å². The number of rotatable bonds is 8. The summed E-state index contributed by atoms with van der Waals surface area (Å²) in [7, 11) is 0. The van der Waals surface area contributed by atoms with Crippen molar-refractivity contribution in [2.24, 2.45) is 11.3 Å². The van der Waals surface area contributed by atoms with Crippen molar-refractivity contribution in [1.82, 2.24) is 4.40 Å². The number of fused-ring (bicyclic) bond motifs is 1. The normalized spacial score (nSPS) is 14.4. The van der Waals surface area contributed by atoms with Crippen LogP contribution in [0.3, 0.4) is 0 Å². The number of carboxylic acids is 1. The molecule has 0 aliphatic heterocycles. The minimum absolute atomic E-state index is 0.0102. The van der Waals surface area contributed by atoms with Crippen molar-refractivity contribution < 1.29 is 19.5 Å². The lowest BCUT2D eigenvalue weighted by atomic mass is 9.77. The van der Waals surface area contributed by atoms with Gasteiger partial charge in [0.25, 0.3) is 0 Å². The van der Waals surface area contributed by atoms with E-state index in [-0.39, 0.29) is 29.8 Å². The monoisotopic (exact) mass is 479 g/mol. The summed E-state index contributed by atoms with van der Waals surface area (Å²) in [6.07, 6.45) is 4.56. The average molecular weight is 480 g/mol. The molecule has 1 N–H and O–H groups in total. The maximum Gasteiger partial charge on any atom is 0.309 e. The van der Waals surface area contributed by atoms with Crippen LogP contribution in [0.4, 0.5) is 0 Å². The standard InChI is InChI=1S/C28H30ClNO4/c1-16(2)19-12-13-30-22(14-19)23(25(31)17-6-5-7-17)21(15-28(3,4)27(33)34)24(30)26(32)18-8-10-20(29)11-9-18/h8-14,16-17H,5-7,15H2,1-4H3,(H,33,34). The van der Waals surface area contributed by atoms with Crippen molar-refractivity contribution in [2.45, 2.75) is 59.3 Å². The molecule has 6 heteroatoms. The fraction of sp³-hybridized carbons (Fsp3) is 0.393. The zero-order chi connectivity index (χ0) is 24.8. The van der Waals surface area contributed by atoms with Gasteiger partial charge in [0.2, 0.25) is 5.78 Å². The fourth-order valence-electron chi connectivity index (χ4n) is 4.51. The lowest BCUT2D eigenvalue weighted by Gasteiger charge is -2.25. The molecule has 1 aromatic carbocycles. The molecule has 2 aromatic heterocycles. The number of halogens is 1. The number of hydrogen-bond acceptors (Lipinski definition) is 3. The topological polar surface area (TPSA) is 75.8 Å². The first-order valence-corrected chi connectivity index (χ1v) is 12.1. The quantitative estimate of drug-likeness (QED) is 0.370. The molecular weight excluding hydrogens is 450 g/mol. The molecule has 178 valence electrons. The Morgan fingerprint density at radius 2 is 1.76 bits per heavy atom. The maximum absolute atomic E-state index is 13.8. The lowest BCUT2D eigenvalue weighted by molar-refractivity contribution is -0.146. The highest BCUT2D eigenvalue weighted by molar-refractivity contribution is 6.30. The molecule has 34 heavy (non-hydrogen) atoms.